The van der Waals surface area contributed by atoms with Gasteiger partial charge in [-0.05, 0) is 81.5 Å². The summed E-state index contributed by atoms with van der Waals surface area (Å²) in [5, 5.41) is 7.82. The van der Waals surface area contributed by atoms with Crippen LogP contribution in [-0.4, -0.2) is 65.9 Å². The average molecular weight is 570 g/mol. The molecule has 0 aliphatic carbocycles. The molecular weight excluding hydrogens is 534 g/mol. The molecule has 1 aromatic carbocycles. The molecule has 4 heterocycles. The van der Waals surface area contributed by atoms with E-state index in [0.717, 1.165) is 34.8 Å². The number of nitrogens with zero attached hydrogens (tertiary/aromatic N) is 4. The maximum Gasteiger partial charge on any atom is 0.281 e. The molecule has 2 atom stereocenters. The van der Waals surface area contributed by atoms with E-state index < -0.39 is 15.9 Å². The van der Waals surface area contributed by atoms with Crippen LogP contribution in [0.5, 0.6) is 0 Å². The second-order valence-corrected chi connectivity index (χ2v) is 14.1. The van der Waals surface area contributed by atoms with Crippen LogP contribution in [0, 0.1) is 25.7 Å². The van der Waals surface area contributed by atoms with Crippen LogP contribution in [0.25, 0.3) is 0 Å². The summed E-state index contributed by atoms with van der Waals surface area (Å²) in [5.74, 6) is -0.0504. The molecule has 1 saturated heterocycles. The van der Waals surface area contributed by atoms with Gasteiger partial charge in [0.25, 0.3) is 11.8 Å². The van der Waals surface area contributed by atoms with Crippen LogP contribution in [0.2, 0.25) is 0 Å². The van der Waals surface area contributed by atoms with Crippen molar-refractivity contribution in [2.24, 2.45) is 11.8 Å². The Hall–Kier alpha value is -2.86. The number of amides is 1. The van der Waals surface area contributed by atoms with Gasteiger partial charge in [-0.25, -0.2) is 13.1 Å². The molecule has 1 fully saturated rings. The van der Waals surface area contributed by atoms with E-state index in [1.807, 2.05) is 27.0 Å². The fourth-order valence-electron chi connectivity index (χ4n) is 5.69. The first-order valence-corrected chi connectivity index (χ1v) is 15.5. The fraction of sp³-hybridized carbons (Fsp3) is 0.464. The molecule has 11 heteroatoms. The van der Waals surface area contributed by atoms with Crippen LogP contribution in [-0.2, 0) is 23.0 Å². The van der Waals surface area contributed by atoms with Gasteiger partial charge in [-0.3, -0.25) is 9.59 Å². The minimum Gasteiger partial charge on any atom is -0.313 e. The number of fused-ring (bicyclic) bond motifs is 1. The lowest BCUT2D eigenvalue weighted by atomic mass is 9.94. The highest BCUT2D eigenvalue weighted by Crippen LogP contribution is 2.38. The summed E-state index contributed by atoms with van der Waals surface area (Å²) in [6.07, 6.45) is 1.72. The van der Waals surface area contributed by atoms with E-state index in [1.165, 1.54) is 40.3 Å². The van der Waals surface area contributed by atoms with Gasteiger partial charge in [0.2, 0.25) is 10.0 Å². The number of anilines is 1. The Morgan fingerprint density at radius 3 is 2.36 bits per heavy atom. The Balaban J connectivity index is 1.41. The largest absolute Gasteiger partial charge is 0.313 e. The molecule has 0 saturated carbocycles. The van der Waals surface area contributed by atoms with Crippen LogP contribution >= 0.6 is 11.3 Å². The highest BCUT2D eigenvalue weighted by atomic mass is 32.2. The fourth-order valence-corrected chi connectivity index (χ4v) is 8.69. The number of nitrogens with one attached hydrogen (secondary N) is 1. The summed E-state index contributed by atoms with van der Waals surface area (Å²) in [5.41, 5.74) is 3.24. The Morgan fingerprint density at radius 1 is 1.08 bits per heavy atom. The normalized spacial score (nSPS) is 20.5. The predicted molar refractivity (Wildman–Crippen MR) is 152 cm³/mol. The van der Waals surface area contributed by atoms with Crippen LogP contribution in [0.3, 0.4) is 0 Å². The van der Waals surface area contributed by atoms with E-state index in [1.54, 1.807) is 4.31 Å². The highest BCUT2D eigenvalue weighted by Gasteiger charge is 2.32. The lowest BCUT2D eigenvalue weighted by Crippen LogP contribution is -2.42. The van der Waals surface area contributed by atoms with E-state index in [4.69, 9.17) is 0 Å². The Bertz CT molecular complexity index is 1510. The Labute approximate surface area is 233 Å². The third-order valence-electron chi connectivity index (χ3n) is 7.48. The van der Waals surface area contributed by atoms with E-state index >= 15 is 0 Å². The van der Waals surface area contributed by atoms with E-state index in [-0.39, 0.29) is 10.8 Å². The van der Waals surface area contributed by atoms with Crippen molar-refractivity contribution in [2.45, 2.75) is 52.0 Å². The van der Waals surface area contributed by atoms with Crippen molar-refractivity contribution in [2.75, 3.05) is 32.0 Å². The molecule has 0 spiro atoms. The third-order valence-corrected chi connectivity index (χ3v) is 10.5. The first kappa shape index (κ1) is 27.7. The van der Waals surface area contributed by atoms with Crippen molar-refractivity contribution < 1.29 is 18.0 Å². The van der Waals surface area contributed by atoms with Gasteiger partial charge in [0.05, 0.1) is 16.2 Å². The standard InChI is InChI=1S/C28H35N5O4S2/c1-17-12-18(2)15-32(14-17)39(36,37)22-8-6-21(7-9-22)26(34)29-27-25(23-10-11-31(5)16-24(23)38-27)28(35)33-20(4)13-19(3)30-33/h6-9,13,17-18H,10-12,14-16H2,1-5H3,(H,29,34). The average Bonchev–Trinajstić information content (AvgIpc) is 3.40. The summed E-state index contributed by atoms with van der Waals surface area (Å²) < 4.78 is 29.4. The van der Waals surface area contributed by atoms with Gasteiger partial charge >= 0.3 is 0 Å². The minimum atomic E-state index is -3.64. The predicted octanol–water partition coefficient (Wildman–Crippen LogP) is 4.16. The van der Waals surface area contributed by atoms with Crippen molar-refractivity contribution in [1.29, 1.82) is 0 Å². The van der Waals surface area contributed by atoms with Crippen molar-refractivity contribution in [3.8, 4) is 0 Å². The number of aromatic nitrogens is 2. The zero-order valence-corrected chi connectivity index (χ0v) is 24.7. The number of benzene rings is 1. The first-order valence-electron chi connectivity index (χ1n) is 13.3. The molecule has 3 aromatic rings. The summed E-state index contributed by atoms with van der Waals surface area (Å²) in [6, 6.07) is 7.89. The van der Waals surface area contributed by atoms with Gasteiger partial charge in [-0.1, -0.05) is 13.8 Å². The van der Waals surface area contributed by atoms with Gasteiger partial charge in [0, 0.05) is 42.3 Å². The first-order chi connectivity index (χ1) is 18.4. The number of hydrogen-bond donors (Lipinski definition) is 1. The van der Waals surface area contributed by atoms with Gasteiger partial charge in [-0.15, -0.1) is 11.3 Å². The molecule has 2 aliphatic heterocycles. The molecule has 1 N–H and O–H groups in total. The van der Waals surface area contributed by atoms with Crippen LogP contribution < -0.4 is 5.32 Å². The van der Waals surface area contributed by atoms with Crippen molar-refractivity contribution in [1.82, 2.24) is 19.0 Å². The summed E-state index contributed by atoms with van der Waals surface area (Å²) in [7, 11) is -1.61. The molecule has 0 radical (unpaired) electrons. The second-order valence-electron chi connectivity index (χ2n) is 11.1. The monoisotopic (exact) mass is 569 g/mol. The number of carbonyl (C=O) groups excluding carboxylic acids is 2. The summed E-state index contributed by atoms with van der Waals surface area (Å²) in [4.78, 5) is 30.4. The second kappa shape index (κ2) is 10.6. The quantitative estimate of drug-likeness (QED) is 0.495. The van der Waals surface area contributed by atoms with E-state index in [2.05, 4.69) is 29.2 Å². The van der Waals surface area contributed by atoms with Gasteiger partial charge < -0.3 is 10.2 Å². The molecular formula is C28H35N5O4S2. The lowest BCUT2D eigenvalue weighted by molar-refractivity contribution is 0.0942. The number of sulfonamides is 1. The number of piperidine rings is 1. The van der Waals surface area contributed by atoms with Crippen LogP contribution in [0.15, 0.2) is 35.2 Å². The smallest absolute Gasteiger partial charge is 0.281 e. The zero-order chi connectivity index (χ0) is 28.1. The maximum absolute atomic E-state index is 13.7. The lowest BCUT2D eigenvalue weighted by Gasteiger charge is -2.34. The zero-order valence-electron chi connectivity index (χ0n) is 23.0. The number of likely N-dealkylation sites (N-methyl/N-ethyl adjacent to an activating group) is 1. The SMILES string of the molecule is Cc1cc(C)n(C(=O)c2c(NC(=O)c3ccc(S(=O)(=O)N4CC(C)CC(C)C4)cc3)sc3c2CCN(C)C3)n1. The number of aryl methyl sites for hydroxylation is 2. The minimum absolute atomic E-state index is 0.176. The molecule has 1 amide bonds. The number of rotatable bonds is 5. The Kier molecular flexibility index (Phi) is 7.53. The van der Waals surface area contributed by atoms with Crippen molar-refractivity contribution in [3.05, 3.63) is 63.3 Å². The van der Waals surface area contributed by atoms with Crippen molar-refractivity contribution >= 4 is 38.2 Å². The molecule has 2 aliphatic rings. The summed E-state index contributed by atoms with van der Waals surface area (Å²) >= 11 is 1.41. The van der Waals surface area contributed by atoms with Crippen molar-refractivity contribution in [3.63, 3.8) is 0 Å². The molecule has 39 heavy (non-hydrogen) atoms. The molecule has 9 nitrogen and oxygen atoms in total. The molecule has 2 aromatic heterocycles. The number of carbonyl (C=O) groups is 2. The highest BCUT2D eigenvalue weighted by molar-refractivity contribution is 7.89. The molecule has 5 rings (SSSR count). The number of hydrogen-bond acceptors (Lipinski definition) is 7. The van der Waals surface area contributed by atoms with Crippen LogP contribution in [0.4, 0.5) is 5.00 Å². The molecule has 208 valence electrons. The molecule has 0 bridgehead atoms. The number of thiophene rings is 1. The topological polar surface area (TPSA) is 105 Å². The van der Waals surface area contributed by atoms with E-state index in [0.29, 0.717) is 54.0 Å². The molecule has 2 unspecified atom stereocenters. The van der Waals surface area contributed by atoms with E-state index in [9.17, 15) is 18.0 Å². The van der Waals surface area contributed by atoms with Gasteiger partial charge in [0.15, 0.2) is 0 Å². The van der Waals surface area contributed by atoms with Gasteiger partial charge in [0.1, 0.15) is 5.00 Å². The summed E-state index contributed by atoms with van der Waals surface area (Å²) in [6.45, 7) is 10.3. The van der Waals surface area contributed by atoms with Crippen LogP contribution in [0.1, 0.15) is 62.8 Å². The van der Waals surface area contributed by atoms with Gasteiger partial charge in [-0.2, -0.15) is 9.40 Å². The Morgan fingerprint density at radius 2 is 1.74 bits per heavy atom. The third kappa shape index (κ3) is 5.45. The maximum atomic E-state index is 13.7.